The van der Waals surface area contributed by atoms with Gasteiger partial charge < -0.3 is 10.4 Å². The van der Waals surface area contributed by atoms with E-state index in [1.165, 1.54) is 0 Å². The van der Waals surface area contributed by atoms with Crippen molar-refractivity contribution < 1.29 is 9.90 Å². The molecule has 0 bridgehead atoms. The molecule has 1 amide bonds. The van der Waals surface area contributed by atoms with E-state index in [-0.39, 0.29) is 17.9 Å². The van der Waals surface area contributed by atoms with Gasteiger partial charge in [0.15, 0.2) is 0 Å². The molecule has 1 fully saturated rings. The second-order valence-electron chi connectivity index (χ2n) is 8.23. The third-order valence-electron chi connectivity index (χ3n) is 5.09. The van der Waals surface area contributed by atoms with Crippen LogP contribution in [0.2, 0.25) is 5.02 Å². The van der Waals surface area contributed by atoms with Gasteiger partial charge in [0.05, 0.1) is 21.9 Å². The molecule has 3 N–H and O–H groups in total. The number of benzene rings is 1. The molecule has 1 heterocycles. The summed E-state index contributed by atoms with van der Waals surface area (Å²) in [6.07, 6.45) is 3.45. The number of amides is 1. The monoisotopic (exact) mass is 375 g/mol. The van der Waals surface area contributed by atoms with Crippen LogP contribution in [-0.2, 0) is 0 Å². The van der Waals surface area contributed by atoms with Crippen LogP contribution in [0.3, 0.4) is 0 Å². The Bertz CT molecular complexity index is 815. The minimum absolute atomic E-state index is 0.0904. The van der Waals surface area contributed by atoms with Gasteiger partial charge in [0.1, 0.15) is 0 Å². The second-order valence-corrected chi connectivity index (χ2v) is 8.64. The highest BCUT2D eigenvalue weighted by Crippen LogP contribution is 2.40. The fourth-order valence-corrected chi connectivity index (χ4v) is 4.08. The minimum atomic E-state index is -0.860. The van der Waals surface area contributed by atoms with Crippen molar-refractivity contribution in [1.29, 1.82) is 0 Å². The largest absolute Gasteiger partial charge is 0.388 e. The Labute approximate surface area is 159 Å². The number of carbonyl (C=O) groups is 1. The Morgan fingerprint density at radius 2 is 2.12 bits per heavy atom. The van der Waals surface area contributed by atoms with Crippen molar-refractivity contribution in [2.75, 3.05) is 6.54 Å². The normalized spacial score (nSPS) is 22.2. The standard InChI is InChI=1S/C20H26ClN3O2/c1-13-9-17(24-23-13)14-5-6-16(21)15(10-14)18(25)22-12-20(26)8-4-7-19(2,3)11-20/h5-6,9-10,26H,4,7-8,11-12H2,1-3H3,(H,22,25)(H,23,24). The van der Waals surface area contributed by atoms with Gasteiger partial charge in [0.2, 0.25) is 0 Å². The average molecular weight is 376 g/mol. The number of hydrogen-bond donors (Lipinski definition) is 3. The Morgan fingerprint density at radius 1 is 1.35 bits per heavy atom. The number of aromatic nitrogens is 2. The van der Waals surface area contributed by atoms with Crippen LogP contribution in [0, 0.1) is 12.3 Å². The van der Waals surface area contributed by atoms with E-state index in [4.69, 9.17) is 11.6 Å². The SMILES string of the molecule is Cc1cc(-c2ccc(Cl)c(C(=O)NCC3(O)CCCC(C)(C)C3)c2)n[nH]1. The van der Waals surface area contributed by atoms with E-state index in [0.29, 0.717) is 23.4 Å². The molecule has 1 aliphatic carbocycles. The molecule has 1 unspecified atom stereocenters. The van der Waals surface area contributed by atoms with Crippen molar-refractivity contribution in [2.45, 2.75) is 52.1 Å². The van der Waals surface area contributed by atoms with Crippen molar-refractivity contribution in [3.63, 3.8) is 0 Å². The molecule has 1 aromatic carbocycles. The first-order valence-corrected chi connectivity index (χ1v) is 9.38. The minimum Gasteiger partial charge on any atom is -0.388 e. The van der Waals surface area contributed by atoms with Crippen molar-refractivity contribution >= 4 is 17.5 Å². The molecule has 1 atom stereocenters. The molecule has 0 spiro atoms. The summed E-state index contributed by atoms with van der Waals surface area (Å²) in [5.41, 5.74) is 2.15. The summed E-state index contributed by atoms with van der Waals surface area (Å²) in [6.45, 7) is 6.47. The zero-order chi connectivity index (χ0) is 18.9. The third-order valence-corrected chi connectivity index (χ3v) is 5.42. The number of aryl methyl sites for hydroxylation is 1. The Hall–Kier alpha value is -1.85. The molecule has 0 saturated heterocycles. The Balaban J connectivity index is 1.73. The van der Waals surface area contributed by atoms with Crippen molar-refractivity contribution in [2.24, 2.45) is 5.41 Å². The van der Waals surface area contributed by atoms with Crippen LogP contribution < -0.4 is 5.32 Å². The number of aliphatic hydroxyl groups is 1. The van der Waals surface area contributed by atoms with Crippen LogP contribution in [0.1, 0.15) is 55.6 Å². The Morgan fingerprint density at radius 3 is 2.77 bits per heavy atom. The second kappa shape index (κ2) is 7.05. The summed E-state index contributed by atoms with van der Waals surface area (Å²) in [6, 6.07) is 7.19. The lowest BCUT2D eigenvalue weighted by Gasteiger charge is -2.41. The maximum Gasteiger partial charge on any atom is 0.252 e. The fraction of sp³-hybridized carbons (Fsp3) is 0.500. The van der Waals surface area contributed by atoms with E-state index in [2.05, 4.69) is 29.4 Å². The lowest BCUT2D eigenvalue weighted by Crippen LogP contribution is -2.48. The summed E-state index contributed by atoms with van der Waals surface area (Å²) in [7, 11) is 0. The zero-order valence-corrected chi connectivity index (χ0v) is 16.3. The van der Waals surface area contributed by atoms with Crippen LogP contribution in [0.15, 0.2) is 24.3 Å². The van der Waals surface area contributed by atoms with Gasteiger partial charge in [-0.1, -0.05) is 31.5 Å². The highest BCUT2D eigenvalue weighted by molar-refractivity contribution is 6.34. The molecule has 1 aliphatic rings. The fourth-order valence-electron chi connectivity index (χ4n) is 3.88. The van der Waals surface area contributed by atoms with Gasteiger partial charge in [-0.25, -0.2) is 0 Å². The van der Waals surface area contributed by atoms with Gasteiger partial charge in [0, 0.05) is 17.8 Å². The maximum absolute atomic E-state index is 12.7. The first-order chi connectivity index (χ1) is 12.2. The smallest absolute Gasteiger partial charge is 0.252 e. The molecule has 1 aromatic heterocycles. The predicted octanol–water partition coefficient (Wildman–Crippen LogP) is 4.10. The summed E-state index contributed by atoms with van der Waals surface area (Å²) >= 11 is 6.23. The highest BCUT2D eigenvalue weighted by Gasteiger charge is 2.38. The molecule has 2 aromatic rings. The molecule has 1 saturated carbocycles. The van der Waals surface area contributed by atoms with Crippen molar-refractivity contribution in [1.82, 2.24) is 15.5 Å². The number of rotatable bonds is 4. The number of H-pyrrole nitrogens is 1. The number of aromatic amines is 1. The molecular weight excluding hydrogens is 350 g/mol. The van der Waals surface area contributed by atoms with E-state index in [0.717, 1.165) is 29.8 Å². The quantitative estimate of drug-likeness (QED) is 0.752. The summed E-state index contributed by atoms with van der Waals surface area (Å²) in [4.78, 5) is 12.7. The van der Waals surface area contributed by atoms with E-state index in [1.54, 1.807) is 12.1 Å². The molecule has 3 rings (SSSR count). The molecule has 0 aliphatic heterocycles. The van der Waals surface area contributed by atoms with E-state index < -0.39 is 5.60 Å². The van der Waals surface area contributed by atoms with Crippen LogP contribution in [0.5, 0.6) is 0 Å². The zero-order valence-electron chi connectivity index (χ0n) is 15.5. The number of nitrogens with one attached hydrogen (secondary N) is 2. The summed E-state index contributed by atoms with van der Waals surface area (Å²) in [5, 5.41) is 21.2. The molecule has 0 radical (unpaired) electrons. The van der Waals surface area contributed by atoms with Crippen LogP contribution in [-0.4, -0.2) is 33.4 Å². The van der Waals surface area contributed by atoms with Crippen LogP contribution in [0.4, 0.5) is 0 Å². The molecule has 26 heavy (non-hydrogen) atoms. The number of hydrogen-bond acceptors (Lipinski definition) is 3. The first-order valence-electron chi connectivity index (χ1n) is 9.00. The van der Waals surface area contributed by atoms with Gasteiger partial charge in [0.25, 0.3) is 5.91 Å². The van der Waals surface area contributed by atoms with E-state index in [1.807, 2.05) is 19.1 Å². The topological polar surface area (TPSA) is 78.0 Å². The number of halogens is 1. The predicted molar refractivity (Wildman–Crippen MR) is 103 cm³/mol. The molecular formula is C20H26ClN3O2. The molecule has 140 valence electrons. The average Bonchev–Trinajstić information content (AvgIpc) is 2.98. The van der Waals surface area contributed by atoms with Crippen LogP contribution in [0.25, 0.3) is 11.3 Å². The maximum atomic E-state index is 12.7. The van der Waals surface area contributed by atoms with Crippen molar-refractivity contribution in [3.05, 3.63) is 40.5 Å². The summed E-state index contributed by atoms with van der Waals surface area (Å²) in [5.74, 6) is -0.277. The number of nitrogens with zero attached hydrogens (tertiary/aromatic N) is 1. The summed E-state index contributed by atoms with van der Waals surface area (Å²) < 4.78 is 0. The van der Waals surface area contributed by atoms with E-state index >= 15 is 0 Å². The molecule has 5 nitrogen and oxygen atoms in total. The van der Waals surface area contributed by atoms with Gasteiger partial charge in [-0.2, -0.15) is 5.10 Å². The van der Waals surface area contributed by atoms with Crippen molar-refractivity contribution in [3.8, 4) is 11.3 Å². The third kappa shape index (κ3) is 4.27. The van der Waals surface area contributed by atoms with Gasteiger partial charge in [-0.3, -0.25) is 9.89 Å². The molecule has 6 heteroatoms. The van der Waals surface area contributed by atoms with Gasteiger partial charge in [-0.15, -0.1) is 0 Å². The lowest BCUT2D eigenvalue weighted by atomic mass is 9.70. The first kappa shape index (κ1) is 18.9. The lowest BCUT2D eigenvalue weighted by molar-refractivity contribution is -0.0361. The van der Waals surface area contributed by atoms with Crippen LogP contribution >= 0.6 is 11.6 Å². The highest BCUT2D eigenvalue weighted by atomic mass is 35.5. The Kier molecular flexibility index (Phi) is 5.13. The van der Waals surface area contributed by atoms with E-state index in [9.17, 15) is 9.90 Å². The number of carbonyl (C=O) groups excluding carboxylic acids is 1. The van der Waals surface area contributed by atoms with Gasteiger partial charge >= 0.3 is 0 Å². The van der Waals surface area contributed by atoms with Gasteiger partial charge in [-0.05, 0) is 56.2 Å².